The van der Waals surface area contributed by atoms with Gasteiger partial charge in [0.1, 0.15) is 5.75 Å². The lowest BCUT2D eigenvalue weighted by Crippen LogP contribution is -2.37. The second-order valence-electron chi connectivity index (χ2n) is 5.05. The molecule has 1 N–H and O–H groups in total. The molecule has 1 fully saturated rings. The van der Waals surface area contributed by atoms with Crippen molar-refractivity contribution in [3.63, 3.8) is 0 Å². The van der Waals surface area contributed by atoms with Gasteiger partial charge in [-0.1, -0.05) is 13.8 Å². The maximum atomic E-state index is 5.14. The quantitative estimate of drug-likeness (QED) is 0.836. The summed E-state index contributed by atoms with van der Waals surface area (Å²) in [5.74, 6) is 2.66. The molecular weight excluding hydrogens is 198 g/mol. The molecule has 2 heteroatoms. The van der Waals surface area contributed by atoms with Crippen LogP contribution < -0.4 is 10.1 Å². The monoisotopic (exact) mass is 219 g/mol. The highest BCUT2D eigenvalue weighted by Crippen LogP contribution is 2.35. The molecular formula is C14H21NO. The van der Waals surface area contributed by atoms with Crippen molar-refractivity contribution < 1.29 is 4.74 Å². The van der Waals surface area contributed by atoms with Crippen LogP contribution in [0.2, 0.25) is 0 Å². The van der Waals surface area contributed by atoms with E-state index in [2.05, 4.69) is 31.3 Å². The topological polar surface area (TPSA) is 21.3 Å². The minimum atomic E-state index is 0.667. The highest BCUT2D eigenvalue weighted by molar-refractivity contribution is 5.47. The van der Waals surface area contributed by atoms with Crippen LogP contribution >= 0.6 is 0 Å². The van der Waals surface area contributed by atoms with E-state index < -0.39 is 0 Å². The van der Waals surface area contributed by atoms with Crippen LogP contribution in [-0.2, 0) is 0 Å². The number of rotatable bonds is 4. The van der Waals surface area contributed by atoms with E-state index in [9.17, 15) is 0 Å². The van der Waals surface area contributed by atoms with Gasteiger partial charge in [0.2, 0.25) is 0 Å². The number of nitrogens with one attached hydrogen (secondary N) is 1. The van der Waals surface area contributed by atoms with Crippen LogP contribution in [-0.4, -0.2) is 13.2 Å². The van der Waals surface area contributed by atoms with E-state index in [0.717, 1.165) is 17.6 Å². The van der Waals surface area contributed by atoms with Gasteiger partial charge in [0.25, 0.3) is 0 Å². The maximum absolute atomic E-state index is 5.14. The molecule has 0 atom stereocenters. The van der Waals surface area contributed by atoms with Crippen LogP contribution in [0.5, 0.6) is 5.75 Å². The van der Waals surface area contributed by atoms with Crippen molar-refractivity contribution in [2.45, 2.75) is 32.7 Å². The van der Waals surface area contributed by atoms with Crippen LogP contribution in [0.1, 0.15) is 26.7 Å². The molecule has 0 unspecified atom stereocenters. The third-order valence-electron chi connectivity index (χ3n) is 3.58. The Morgan fingerprint density at radius 1 is 1.19 bits per heavy atom. The van der Waals surface area contributed by atoms with E-state index in [4.69, 9.17) is 4.74 Å². The van der Waals surface area contributed by atoms with E-state index in [1.165, 1.54) is 18.5 Å². The van der Waals surface area contributed by atoms with Gasteiger partial charge < -0.3 is 10.1 Å². The second kappa shape index (κ2) is 4.77. The summed E-state index contributed by atoms with van der Waals surface area (Å²) < 4.78 is 5.14. The van der Waals surface area contributed by atoms with Crippen molar-refractivity contribution in [2.75, 3.05) is 12.4 Å². The van der Waals surface area contributed by atoms with E-state index in [0.29, 0.717) is 6.04 Å². The van der Waals surface area contributed by atoms with Crippen molar-refractivity contribution in [1.82, 2.24) is 0 Å². The fraction of sp³-hybridized carbons (Fsp3) is 0.571. The van der Waals surface area contributed by atoms with Crippen molar-refractivity contribution in [1.29, 1.82) is 0 Å². The Morgan fingerprint density at radius 2 is 1.81 bits per heavy atom. The summed E-state index contributed by atoms with van der Waals surface area (Å²) in [6.07, 6.45) is 2.62. The summed E-state index contributed by atoms with van der Waals surface area (Å²) in [7, 11) is 1.70. The lowest BCUT2D eigenvalue weighted by Gasteiger charge is -2.39. The zero-order chi connectivity index (χ0) is 11.5. The molecule has 1 aliphatic carbocycles. The molecule has 0 radical (unpaired) electrons. The molecule has 0 aliphatic heterocycles. The van der Waals surface area contributed by atoms with E-state index in [-0.39, 0.29) is 0 Å². The molecule has 0 aromatic heterocycles. The van der Waals surface area contributed by atoms with Gasteiger partial charge in [-0.15, -0.1) is 0 Å². The molecule has 0 spiro atoms. The highest BCUT2D eigenvalue weighted by Gasteiger charge is 2.30. The first kappa shape index (κ1) is 11.3. The Kier molecular flexibility index (Phi) is 3.37. The van der Waals surface area contributed by atoms with Gasteiger partial charge in [-0.25, -0.2) is 0 Å². The number of anilines is 1. The van der Waals surface area contributed by atoms with Crippen LogP contribution in [0.15, 0.2) is 24.3 Å². The van der Waals surface area contributed by atoms with Gasteiger partial charge in [0.05, 0.1) is 7.11 Å². The average Bonchev–Trinajstić information content (AvgIpc) is 2.23. The minimum Gasteiger partial charge on any atom is -0.497 e. The molecule has 16 heavy (non-hydrogen) atoms. The highest BCUT2D eigenvalue weighted by atomic mass is 16.5. The SMILES string of the molecule is COc1ccc(NC2CC(C(C)C)C2)cc1. The first-order valence-electron chi connectivity index (χ1n) is 6.09. The molecule has 1 saturated carbocycles. The van der Waals surface area contributed by atoms with Gasteiger partial charge >= 0.3 is 0 Å². The molecule has 0 heterocycles. The predicted molar refractivity (Wildman–Crippen MR) is 68.0 cm³/mol. The standard InChI is InChI=1S/C14H21NO/c1-10(2)11-8-13(9-11)15-12-4-6-14(16-3)7-5-12/h4-7,10-11,13,15H,8-9H2,1-3H3. The van der Waals surface area contributed by atoms with Crippen LogP contribution in [0.25, 0.3) is 0 Å². The van der Waals surface area contributed by atoms with Crippen molar-refractivity contribution in [3.8, 4) is 5.75 Å². The first-order valence-corrected chi connectivity index (χ1v) is 6.09. The smallest absolute Gasteiger partial charge is 0.119 e. The summed E-state index contributed by atoms with van der Waals surface area (Å²) in [4.78, 5) is 0. The molecule has 0 bridgehead atoms. The third-order valence-corrected chi connectivity index (χ3v) is 3.58. The Hall–Kier alpha value is -1.18. The van der Waals surface area contributed by atoms with Crippen LogP contribution in [0, 0.1) is 11.8 Å². The molecule has 0 saturated heterocycles. The van der Waals surface area contributed by atoms with E-state index in [1.54, 1.807) is 7.11 Å². The van der Waals surface area contributed by atoms with Gasteiger partial charge in [0, 0.05) is 11.7 Å². The lowest BCUT2D eigenvalue weighted by atomic mass is 9.73. The van der Waals surface area contributed by atoms with Gasteiger partial charge in [0.15, 0.2) is 0 Å². The Morgan fingerprint density at radius 3 is 2.31 bits per heavy atom. The van der Waals surface area contributed by atoms with Gasteiger partial charge in [-0.2, -0.15) is 0 Å². The second-order valence-corrected chi connectivity index (χ2v) is 5.05. The summed E-state index contributed by atoms with van der Waals surface area (Å²) in [6, 6.07) is 8.84. The number of methoxy groups -OCH3 is 1. The zero-order valence-corrected chi connectivity index (χ0v) is 10.4. The molecule has 2 nitrogen and oxygen atoms in total. The molecule has 2 rings (SSSR count). The third kappa shape index (κ3) is 2.49. The molecule has 1 aromatic rings. The van der Waals surface area contributed by atoms with Gasteiger partial charge in [-0.05, 0) is 48.9 Å². The average molecular weight is 219 g/mol. The van der Waals surface area contributed by atoms with Crippen molar-refractivity contribution in [2.24, 2.45) is 11.8 Å². The zero-order valence-electron chi connectivity index (χ0n) is 10.4. The Balaban J connectivity index is 1.82. The van der Waals surface area contributed by atoms with E-state index in [1.807, 2.05) is 12.1 Å². The largest absolute Gasteiger partial charge is 0.497 e. The summed E-state index contributed by atoms with van der Waals surface area (Å²) >= 11 is 0. The predicted octanol–water partition coefficient (Wildman–Crippen LogP) is 3.54. The van der Waals surface area contributed by atoms with Crippen molar-refractivity contribution in [3.05, 3.63) is 24.3 Å². The normalized spacial score (nSPS) is 24.0. The number of hydrogen-bond donors (Lipinski definition) is 1. The van der Waals surface area contributed by atoms with Crippen molar-refractivity contribution >= 4 is 5.69 Å². The fourth-order valence-electron chi connectivity index (χ4n) is 2.25. The molecule has 0 amide bonds. The Bertz CT molecular complexity index is 325. The van der Waals surface area contributed by atoms with Crippen LogP contribution in [0.3, 0.4) is 0 Å². The minimum absolute atomic E-state index is 0.667. The van der Waals surface area contributed by atoms with Gasteiger partial charge in [-0.3, -0.25) is 0 Å². The Labute approximate surface area is 98.0 Å². The molecule has 88 valence electrons. The molecule has 1 aromatic carbocycles. The maximum Gasteiger partial charge on any atom is 0.119 e. The summed E-state index contributed by atoms with van der Waals surface area (Å²) in [5.41, 5.74) is 1.20. The first-order chi connectivity index (χ1) is 7.69. The van der Waals surface area contributed by atoms with Crippen LogP contribution in [0.4, 0.5) is 5.69 Å². The summed E-state index contributed by atoms with van der Waals surface area (Å²) in [5, 5.41) is 3.56. The lowest BCUT2D eigenvalue weighted by molar-refractivity contribution is 0.212. The summed E-state index contributed by atoms with van der Waals surface area (Å²) in [6.45, 7) is 4.63. The number of ether oxygens (including phenoxy) is 1. The van der Waals surface area contributed by atoms with E-state index >= 15 is 0 Å². The molecule has 1 aliphatic rings. The number of benzene rings is 1. The number of hydrogen-bond acceptors (Lipinski definition) is 2. The fourth-order valence-corrected chi connectivity index (χ4v) is 2.25.